The van der Waals surface area contributed by atoms with Crippen LogP contribution in [-0.2, 0) is 6.54 Å². The van der Waals surface area contributed by atoms with Crippen LogP contribution in [0.4, 0.5) is 0 Å². The van der Waals surface area contributed by atoms with E-state index in [2.05, 4.69) is 15.4 Å². The molecule has 7 heteroatoms. The highest BCUT2D eigenvalue weighted by Crippen LogP contribution is 2.16. The van der Waals surface area contributed by atoms with Gasteiger partial charge in [-0.25, -0.2) is 0 Å². The average molecular weight is 360 g/mol. The summed E-state index contributed by atoms with van der Waals surface area (Å²) in [5.41, 5.74) is 1.17. The normalized spacial score (nSPS) is 10.8. The number of amides is 1. The Balaban J connectivity index is 1.75. The van der Waals surface area contributed by atoms with Gasteiger partial charge in [-0.05, 0) is 11.1 Å². The minimum Gasteiger partial charge on any atom is -0.348 e. The van der Waals surface area contributed by atoms with Gasteiger partial charge in [0, 0.05) is 12.6 Å². The number of nitrogens with one attached hydrogen (secondary N) is 3. The van der Waals surface area contributed by atoms with E-state index in [-0.39, 0.29) is 17.8 Å². The van der Waals surface area contributed by atoms with Crippen LogP contribution >= 0.6 is 0 Å². The molecular weight excluding hydrogens is 344 g/mol. The standard InChI is InChI=1S/C20H16N4O3/c25-16-11-15(14-9-5-2-6-10-14)22-18-17(20(27)23-24(16)18)19(26)21-12-13-7-3-1-4-8-13/h1-11,22H,12H2,(H,21,26)(H,23,27). The molecule has 7 nitrogen and oxygen atoms in total. The third-order valence-electron chi connectivity index (χ3n) is 4.25. The third-order valence-corrected chi connectivity index (χ3v) is 4.25. The fraction of sp³-hybridized carbons (Fsp3) is 0.0500. The van der Waals surface area contributed by atoms with E-state index in [1.54, 1.807) is 0 Å². The van der Waals surface area contributed by atoms with E-state index in [9.17, 15) is 14.4 Å². The highest BCUT2D eigenvalue weighted by molar-refractivity contribution is 5.99. The molecule has 0 spiro atoms. The molecule has 0 aliphatic rings. The van der Waals surface area contributed by atoms with Crippen LogP contribution in [0.5, 0.6) is 0 Å². The van der Waals surface area contributed by atoms with Crippen molar-refractivity contribution in [3.63, 3.8) is 0 Å². The van der Waals surface area contributed by atoms with E-state index in [0.29, 0.717) is 5.69 Å². The van der Waals surface area contributed by atoms with Crippen molar-refractivity contribution in [2.45, 2.75) is 6.54 Å². The average Bonchev–Trinajstić information content (AvgIpc) is 3.04. The van der Waals surface area contributed by atoms with Crippen LogP contribution in [0.1, 0.15) is 15.9 Å². The molecule has 2 heterocycles. The molecule has 4 rings (SSSR count). The molecule has 0 saturated carbocycles. The Labute approximate surface area is 153 Å². The molecule has 0 radical (unpaired) electrons. The Kier molecular flexibility index (Phi) is 4.18. The smallest absolute Gasteiger partial charge is 0.279 e. The van der Waals surface area contributed by atoms with E-state index in [1.807, 2.05) is 60.7 Å². The first-order chi connectivity index (χ1) is 13.1. The largest absolute Gasteiger partial charge is 0.348 e. The number of benzene rings is 2. The maximum atomic E-state index is 12.6. The highest BCUT2D eigenvalue weighted by Gasteiger charge is 2.19. The molecule has 2 aromatic heterocycles. The van der Waals surface area contributed by atoms with Crippen molar-refractivity contribution in [2.24, 2.45) is 0 Å². The first-order valence-corrected chi connectivity index (χ1v) is 8.39. The van der Waals surface area contributed by atoms with Crippen molar-refractivity contribution in [1.29, 1.82) is 0 Å². The van der Waals surface area contributed by atoms with Crippen LogP contribution in [0.3, 0.4) is 0 Å². The van der Waals surface area contributed by atoms with Crippen LogP contribution in [0, 0.1) is 0 Å². The molecule has 0 aliphatic carbocycles. The van der Waals surface area contributed by atoms with Gasteiger partial charge in [-0.15, -0.1) is 0 Å². The Morgan fingerprint density at radius 2 is 1.63 bits per heavy atom. The lowest BCUT2D eigenvalue weighted by molar-refractivity contribution is 0.0951. The quantitative estimate of drug-likeness (QED) is 0.518. The Hall–Kier alpha value is -3.87. The number of rotatable bonds is 4. The lowest BCUT2D eigenvalue weighted by Crippen LogP contribution is -2.27. The Bertz CT molecular complexity index is 1220. The summed E-state index contributed by atoms with van der Waals surface area (Å²) in [7, 11) is 0. The Morgan fingerprint density at radius 3 is 2.33 bits per heavy atom. The zero-order valence-electron chi connectivity index (χ0n) is 14.2. The SMILES string of the molecule is O=C(NCc1ccccc1)c1c(=O)[nH]n2c(=O)cc(-c3ccccc3)[nH]c12. The summed E-state index contributed by atoms with van der Waals surface area (Å²) in [5, 5.41) is 5.13. The minimum atomic E-state index is -0.626. The predicted octanol–water partition coefficient (Wildman–Crippen LogP) is 1.91. The molecule has 3 N–H and O–H groups in total. The summed E-state index contributed by atoms with van der Waals surface area (Å²) in [6.45, 7) is 0.277. The van der Waals surface area contributed by atoms with Crippen molar-refractivity contribution in [1.82, 2.24) is 19.9 Å². The van der Waals surface area contributed by atoms with Gasteiger partial charge in [0.15, 0.2) is 5.65 Å². The Morgan fingerprint density at radius 1 is 0.963 bits per heavy atom. The molecular formula is C20H16N4O3. The molecule has 0 aliphatic heterocycles. The number of H-pyrrole nitrogens is 2. The molecule has 134 valence electrons. The number of carbonyl (C=O) groups is 1. The number of fused-ring (bicyclic) bond motifs is 1. The van der Waals surface area contributed by atoms with Crippen molar-refractivity contribution in [3.8, 4) is 11.3 Å². The molecule has 4 aromatic rings. The fourth-order valence-electron chi connectivity index (χ4n) is 2.92. The zero-order valence-corrected chi connectivity index (χ0v) is 14.2. The first-order valence-electron chi connectivity index (χ1n) is 8.39. The number of carbonyl (C=O) groups excluding carboxylic acids is 1. The lowest BCUT2D eigenvalue weighted by Gasteiger charge is -2.06. The first kappa shape index (κ1) is 16.6. The van der Waals surface area contributed by atoms with Crippen molar-refractivity contribution in [3.05, 3.63) is 98.6 Å². The summed E-state index contributed by atoms with van der Waals surface area (Å²) >= 11 is 0. The van der Waals surface area contributed by atoms with Gasteiger partial charge in [0.2, 0.25) is 0 Å². The van der Waals surface area contributed by atoms with Gasteiger partial charge in [-0.3, -0.25) is 19.5 Å². The summed E-state index contributed by atoms with van der Waals surface area (Å²) in [6, 6.07) is 20.0. The molecule has 0 unspecified atom stereocenters. The number of aromatic nitrogens is 3. The predicted molar refractivity (Wildman–Crippen MR) is 102 cm³/mol. The van der Waals surface area contributed by atoms with E-state index < -0.39 is 17.0 Å². The van der Waals surface area contributed by atoms with E-state index in [0.717, 1.165) is 15.6 Å². The van der Waals surface area contributed by atoms with Crippen LogP contribution in [0.25, 0.3) is 16.9 Å². The number of hydrogen-bond acceptors (Lipinski definition) is 3. The molecule has 0 atom stereocenters. The summed E-state index contributed by atoms with van der Waals surface area (Å²) in [5.74, 6) is -0.552. The van der Waals surface area contributed by atoms with Gasteiger partial charge in [-0.1, -0.05) is 60.7 Å². The number of nitrogens with zero attached hydrogens (tertiary/aromatic N) is 1. The van der Waals surface area contributed by atoms with Crippen molar-refractivity contribution >= 4 is 11.6 Å². The summed E-state index contributed by atoms with van der Waals surface area (Å²) in [4.78, 5) is 40.3. The third kappa shape index (κ3) is 3.18. The van der Waals surface area contributed by atoms with Crippen LogP contribution in [0.2, 0.25) is 0 Å². The topological polar surface area (TPSA) is 99.2 Å². The van der Waals surface area contributed by atoms with E-state index >= 15 is 0 Å². The van der Waals surface area contributed by atoms with Gasteiger partial charge in [0.1, 0.15) is 5.56 Å². The van der Waals surface area contributed by atoms with Crippen LogP contribution < -0.4 is 16.4 Å². The minimum absolute atomic E-state index is 0.124. The molecule has 0 fully saturated rings. The molecule has 0 bridgehead atoms. The monoisotopic (exact) mass is 360 g/mol. The molecule has 0 saturated heterocycles. The number of hydrogen-bond donors (Lipinski definition) is 3. The van der Waals surface area contributed by atoms with E-state index in [4.69, 9.17) is 0 Å². The van der Waals surface area contributed by atoms with Crippen LogP contribution in [0.15, 0.2) is 76.3 Å². The van der Waals surface area contributed by atoms with Gasteiger partial charge in [0.25, 0.3) is 17.0 Å². The molecule has 1 amide bonds. The second-order valence-corrected chi connectivity index (χ2v) is 6.06. The van der Waals surface area contributed by atoms with Gasteiger partial charge in [-0.2, -0.15) is 4.52 Å². The fourth-order valence-corrected chi connectivity index (χ4v) is 2.92. The van der Waals surface area contributed by atoms with Crippen molar-refractivity contribution < 1.29 is 4.79 Å². The van der Waals surface area contributed by atoms with E-state index in [1.165, 1.54) is 6.07 Å². The van der Waals surface area contributed by atoms with Crippen molar-refractivity contribution in [2.75, 3.05) is 0 Å². The van der Waals surface area contributed by atoms with Gasteiger partial charge in [0.05, 0.1) is 5.69 Å². The van der Waals surface area contributed by atoms with Crippen LogP contribution in [-0.4, -0.2) is 20.5 Å². The molecule has 27 heavy (non-hydrogen) atoms. The second kappa shape index (κ2) is 6.80. The lowest BCUT2D eigenvalue weighted by atomic mass is 10.1. The maximum Gasteiger partial charge on any atom is 0.279 e. The second-order valence-electron chi connectivity index (χ2n) is 6.06. The number of aromatic amines is 2. The highest BCUT2D eigenvalue weighted by atomic mass is 16.2. The van der Waals surface area contributed by atoms with Gasteiger partial charge >= 0.3 is 0 Å². The maximum absolute atomic E-state index is 12.6. The summed E-state index contributed by atoms with van der Waals surface area (Å²) in [6.07, 6.45) is 0. The zero-order chi connectivity index (χ0) is 18.8. The van der Waals surface area contributed by atoms with Gasteiger partial charge < -0.3 is 10.3 Å². The summed E-state index contributed by atoms with van der Waals surface area (Å²) < 4.78 is 1.05. The molecule has 2 aromatic carbocycles.